The zero-order valence-corrected chi connectivity index (χ0v) is 15.8. The fraction of sp³-hybridized carbons (Fsp3) is 0.222. The Morgan fingerprint density at radius 3 is 2.20 bits per heavy atom. The largest absolute Gasteiger partial charge is 0.462 e. The first kappa shape index (κ1) is 19.6. The molecule has 2 aromatic rings. The molecule has 0 unspecified atom stereocenters. The zero-order valence-electron chi connectivity index (χ0n) is 13.5. The van der Waals surface area contributed by atoms with Gasteiger partial charge in [-0.15, -0.1) is 0 Å². The van der Waals surface area contributed by atoms with E-state index in [-0.39, 0.29) is 44.5 Å². The van der Waals surface area contributed by atoms with E-state index in [1.807, 2.05) is 13.8 Å². The normalized spacial score (nSPS) is 10.6. The summed E-state index contributed by atoms with van der Waals surface area (Å²) in [4.78, 5) is 24.7. The van der Waals surface area contributed by atoms with Gasteiger partial charge in [-0.05, 0) is 24.1 Å². The number of carbonyl (C=O) groups is 2. The van der Waals surface area contributed by atoms with Gasteiger partial charge in [0, 0.05) is 11.1 Å². The van der Waals surface area contributed by atoms with Crippen LogP contribution in [0.25, 0.3) is 0 Å². The molecule has 0 spiro atoms. The van der Waals surface area contributed by atoms with E-state index in [0.717, 1.165) is 0 Å². The topological polar surface area (TPSA) is 52.6 Å². The van der Waals surface area contributed by atoms with Crippen molar-refractivity contribution in [3.63, 3.8) is 0 Å². The highest BCUT2D eigenvalue weighted by atomic mass is 35.5. The molecule has 0 aliphatic heterocycles. The summed E-state index contributed by atoms with van der Waals surface area (Å²) < 4.78 is 10.4. The molecule has 0 radical (unpaired) electrons. The summed E-state index contributed by atoms with van der Waals surface area (Å²) in [5.41, 5.74) is 0.167. The van der Waals surface area contributed by atoms with Crippen LogP contribution in [0.15, 0.2) is 36.4 Å². The molecule has 7 heteroatoms. The zero-order chi connectivity index (χ0) is 18.6. The number of benzene rings is 2. The minimum atomic E-state index is -0.766. The maximum Gasteiger partial charge on any atom is 0.344 e. The first-order valence-electron chi connectivity index (χ1n) is 7.42. The van der Waals surface area contributed by atoms with Crippen LogP contribution in [0.4, 0.5) is 0 Å². The fourth-order valence-corrected chi connectivity index (χ4v) is 2.54. The summed E-state index contributed by atoms with van der Waals surface area (Å²) in [6.45, 7) is 4.08. The van der Waals surface area contributed by atoms with Crippen molar-refractivity contribution < 1.29 is 19.1 Å². The molecule has 0 atom stereocenters. The van der Waals surface area contributed by atoms with Gasteiger partial charge in [-0.2, -0.15) is 0 Å². The standard InChI is InChI=1S/C18H15Cl3O4/c1-10(2)9-24-17(22)12-5-3-4-6-13(12)18(23)25-15-8-11(19)7-14(20)16(15)21/h3-8,10H,9H2,1-2H3. The van der Waals surface area contributed by atoms with Crippen LogP contribution in [0.1, 0.15) is 34.6 Å². The fourth-order valence-electron chi connectivity index (χ4n) is 1.92. The van der Waals surface area contributed by atoms with Gasteiger partial charge in [-0.1, -0.05) is 60.8 Å². The predicted molar refractivity (Wildman–Crippen MR) is 98.0 cm³/mol. The molecule has 0 fully saturated rings. The van der Waals surface area contributed by atoms with Gasteiger partial charge in [0.1, 0.15) is 5.02 Å². The van der Waals surface area contributed by atoms with E-state index < -0.39 is 11.9 Å². The summed E-state index contributed by atoms with van der Waals surface area (Å²) in [5.74, 6) is -1.18. The van der Waals surface area contributed by atoms with E-state index in [1.54, 1.807) is 12.1 Å². The average Bonchev–Trinajstić information content (AvgIpc) is 2.57. The molecule has 25 heavy (non-hydrogen) atoms. The number of hydrogen-bond acceptors (Lipinski definition) is 4. The highest BCUT2D eigenvalue weighted by Crippen LogP contribution is 2.35. The predicted octanol–water partition coefficient (Wildman–Crippen LogP) is 5.68. The maximum atomic E-state index is 12.5. The average molecular weight is 402 g/mol. The van der Waals surface area contributed by atoms with E-state index in [0.29, 0.717) is 0 Å². The summed E-state index contributed by atoms with van der Waals surface area (Å²) in [6.07, 6.45) is 0. The first-order valence-corrected chi connectivity index (χ1v) is 8.56. The van der Waals surface area contributed by atoms with Crippen LogP contribution in [0.5, 0.6) is 5.75 Å². The van der Waals surface area contributed by atoms with Crippen LogP contribution in [-0.4, -0.2) is 18.5 Å². The van der Waals surface area contributed by atoms with Crippen molar-refractivity contribution in [1.82, 2.24) is 0 Å². The Kier molecular flexibility index (Phi) is 6.71. The van der Waals surface area contributed by atoms with Crippen LogP contribution in [0, 0.1) is 5.92 Å². The summed E-state index contributed by atoms with van der Waals surface area (Å²) in [6, 6.07) is 9.00. The van der Waals surface area contributed by atoms with Gasteiger partial charge >= 0.3 is 11.9 Å². The van der Waals surface area contributed by atoms with Crippen LogP contribution in [0.2, 0.25) is 15.1 Å². The van der Waals surface area contributed by atoms with Gasteiger partial charge in [-0.25, -0.2) is 9.59 Å². The van der Waals surface area contributed by atoms with E-state index in [9.17, 15) is 9.59 Å². The Morgan fingerprint density at radius 1 is 1.00 bits per heavy atom. The van der Waals surface area contributed by atoms with Gasteiger partial charge in [-0.3, -0.25) is 0 Å². The van der Waals surface area contributed by atoms with Crippen molar-refractivity contribution in [2.75, 3.05) is 6.61 Å². The van der Waals surface area contributed by atoms with Crippen molar-refractivity contribution in [2.24, 2.45) is 5.92 Å². The minimum absolute atomic E-state index is 0.00881. The summed E-state index contributed by atoms with van der Waals surface area (Å²) >= 11 is 17.8. The Balaban J connectivity index is 2.27. The quantitative estimate of drug-likeness (QED) is 0.367. The smallest absolute Gasteiger partial charge is 0.344 e. The number of hydrogen-bond donors (Lipinski definition) is 0. The Bertz CT molecular complexity index is 803. The molecule has 2 aromatic carbocycles. The number of ether oxygens (including phenoxy) is 2. The van der Waals surface area contributed by atoms with Crippen molar-refractivity contribution in [2.45, 2.75) is 13.8 Å². The Labute approximate surface area is 160 Å². The monoisotopic (exact) mass is 400 g/mol. The second-order valence-corrected chi connectivity index (χ2v) is 6.85. The molecular formula is C18H15Cl3O4. The van der Waals surface area contributed by atoms with Crippen LogP contribution < -0.4 is 4.74 Å². The second-order valence-electron chi connectivity index (χ2n) is 5.63. The molecular weight excluding hydrogens is 387 g/mol. The molecule has 0 aliphatic rings. The lowest BCUT2D eigenvalue weighted by molar-refractivity contribution is 0.0452. The molecule has 0 saturated carbocycles. The first-order chi connectivity index (χ1) is 11.8. The van der Waals surface area contributed by atoms with Gasteiger partial charge in [0.05, 0.1) is 22.8 Å². The molecule has 0 N–H and O–H groups in total. The summed E-state index contributed by atoms with van der Waals surface area (Å²) in [7, 11) is 0. The van der Waals surface area contributed by atoms with Gasteiger partial charge < -0.3 is 9.47 Å². The molecule has 132 valence electrons. The van der Waals surface area contributed by atoms with Crippen LogP contribution >= 0.6 is 34.8 Å². The molecule has 0 heterocycles. The molecule has 2 rings (SSSR count). The SMILES string of the molecule is CC(C)COC(=O)c1ccccc1C(=O)Oc1cc(Cl)cc(Cl)c1Cl. The lowest BCUT2D eigenvalue weighted by Crippen LogP contribution is -2.17. The minimum Gasteiger partial charge on any atom is -0.462 e. The van der Waals surface area contributed by atoms with Gasteiger partial charge in [0.2, 0.25) is 0 Å². The second kappa shape index (κ2) is 8.56. The number of rotatable bonds is 5. The molecule has 0 aromatic heterocycles. The van der Waals surface area contributed by atoms with Gasteiger partial charge in [0.15, 0.2) is 5.75 Å². The van der Waals surface area contributed by atoms with Crippen molar-refractivity contribution in [1.29, 1.82) is 0 Å². The number of carbonyl (C=O) groups excluding carboxylic acids is 2. The lowest BCUT2D eigenvalue weighted by atomic mass is 10.1. The van der Waals surface area contributed by atoms with Crippen molar-refractivity contribution in [3.05, 3.63) is 62.6 Å². The van der Waals surface area contributed by atoms with Crippen LogP contribution in [-0.2, 0) is 4.74 Å². The number of esters is 2. The Hall–Kier alpha value is -1.75. The molecule has 0 aliphatic carbocycles. The van der Waals surface area contributed by atoms with Crippen molar-refractivity contribution in [3.8, 4) is 5.75 Å². The third-order valence-corrected chi connectivity index (χ3v) is 4.08. The molecule has 0 amide bonds. The lowest BCUT2D eigenvalue weighted by Gasteiger charge is -2.12. The van der Waals surface area contributed by atoms with E-state index in [4.69, 9.17) is 44.3 Å². The van der Waals surface area contributed by atoms with E-state index in [1.165, 1.54) is 24.3 Å². The van der Waals surface area contributed by atoms with Crippen LogP contribution in [0.3, 0.4) is 0 Å². The maximum absolute atomic E-state index is 12.5. The third-order valence-electron chi connectivity index (χ3n) is 3.08. The van der Waals surface area contributed by atoms with E-state index >= 15 is 0 Å². The third kappa shape index (κ3) is 5.11. The molecule has 4 nitrogen and oxygen atoms in total. The summed E-state index contributed by atoms with van der Waals surface area (Å²) in [5, 5.41) is 0.475. The molecule has 0 saturated heterocycles. The van der Waals surface area contributed by atoms with Gasteiger partial charge in [0.25, 0.3) is 0 Å². The highest BCUT2D eigenvalue weighted by Gasteiger charge is 2.21. The van der Waals surface area contributed by atoms with E-state index in [2.05, 4.69) is 0 Å². The van der Waals surface area contributed by atoms with Crippen molar-refractivity contribution >= 4 is 46.7 Å². The highest BCUT2D eigenvalue weighted by molar-refractivity contribution is 6.44. The Morgan fingerprint density at radius 2 is 1.60 bits per heavy atom. The molecule has 0 bridgehead atoms. The number of halogens is 3.